The quantitative estimate of drug-likeness (QED) is 0.758. The summed E-state index contributed by atoms with van der Waals surface area (Å²) in [7, 11) is 0. The van der Waals surface area contributed by atoms with Crippen molar-refractivity contribution < 1.29 is 0 Å². The molecule has 2 rings (SSSR count). The van der Waals surface area contributed by atoms with E-state index in [0.29, 0.717) is 4.83 Å². The van der Waals surface area contributed by atoms with Crippen LogP contribution < -0.4 is 0 Å². The molecule has 0 spiro atoms. The normalized spacial score (nSPS) is 12.6. The fraction of sp³-hybridized carbons (Fsp3) is 0.429. The van der Waals surface area contributed by atoms with Gasteiger partial charge in [-0.05, 0) is 25.3 Å². The number of aromatic nitrogens is 2. The first-order valence-corrected chi connectivity index (χ1v) is 7.94. The zero-order valence-corrected chi connectivity index (χ0v) is 13.1. The van der Waals surface area contributed by atoms with Crippen LogP contribution in [-0.2, 0) is 12.8 Å². The Morgan fingerprint density at radius 3 is 2.56 bits per heavy atom. The first kappa shape index (κ1) is 13.7. The number of aryl methyl sites for hydroxylation is 3. The Balaban J connectivity index is 1.94. The predicted molar refractivity (Wildman–Crippen MR) is 80.5 cm³/mol. The molecular formula is C14H17BrN2S. The van der Waals surface area contributed by atoms with E-state index in [9.17, 15) is 0 Å². The number of alkyl halides is 1. The lowest BCUT2D eigenvalue weighted by Gasteiger charge is -2.00. The molecule has 1 unspecified atom stereocenters. The molecule has 1 aromatic heterocycles. The molecule has 1 heterocycles. The van der Waals surface area contributed by atoms with Crippen LogP contribution in [0.4, 0.5) is 0 Å². The van der Waals surface area contributed by atoms with Gasteiger partial charge in [0.2, 0.25) is 0 Å². The lowest BCUT2D eigenvalue weighted by Crippen LogP contribution is -1.90. The number of benzene rings is 1. The number of rotatable bonds is 5. The Morgan fingerprint density at radius 2 is 1.89 bits per heavy atom. The van der Waals surface area contributed by atoms with Crippen molar-refractivity contribution in [3.63, 3.8) is 0 Å². The zero-order valence-electron chi connectivity index (χ0n) is 10.7. The SMILES string of the molecule is CCC(Br)c1nnc(CCc2ccc(C)cc2)s1. The summed E-state index contributed by atoms with van der Waals surface area (Å²) < 4.78 is 0. The lowest BCUT2D eigenvalue weighted by molar-refractivity contribution is 0.848. The standard InChI is InChI=1S/C14H17BrN2S/c1-3-12(15)14-17-16-13(18-14)9-8-11-6-4-10(2)5-7-11/h4-7,12H,3,8-9H2,1-2H3. The van der Waals surface area contributed by atoms with Crippen LogP contribution in [0, 0.1) is 6.92 Å². The summed E-state index contributed by atoms with van der Waals surface area (Å²) in [6, 6.07) is 8.70. The van der Waals surface area contributed by atoms with Gasteiger partial charge in [-0.3, -0.25) is 0 Å². The summed E-state index contributed by atoms with van der Waals surface area (Å²) >= 11 is 5.33. The van der Waals surface area contributed by atoms with E-state index in [2.05, 4.69) is 64.2 Å². The van der Waals surface area contributed by atoms with Crippen molar-refractivity contribution in [3.8, 4) is 0 Å². The van der Waals surface area contributed by atoms with Crippen molar-refractivity contribution in [2.45, 2.75) is 37.9 Å². The van der Waals surface area contributed by atoms with E-state index in [4.69, 9.17) is 0 Å². The molecule has 0 saturated carbocycles. The maximum absolute atomic E-state index is 4.26. The molecule has 0 N–H and O–H groups in total. The van der Waals surface area contributed by atoms with Crippen molar-refractivity contribution in [1.82, 2.24) is 10.2 Å². The van der Waals surface area contributed by atoms with Gasteiger partial charge in [-0.2, -0.15) is 0 Å². The minimum atomic E-state index is 0.350. The van der Waals surface area contributed by atoms with Gasteiger partial charge < -0.3 is 0 Å². The molecule has 4 heteroatoms. The van der Waals surface area contributed by atoms with E-state index < -0.39 is 0 Å². The maximum Gasteiger partial charge on any atom is 0.131 e. The molecule has 2 aromatic rings. The summed E-state index contributed by atoms with van der Waals surface area (Å²) in [6.45, 7) is 4.26. The lowest BCUT2D eigenvalue weighted by atomic mass is 10.1. The molecular weight excluding hydrogens is 308 g/mol. The molecule has 1 aromatic carbocycles. The van der Waals surface area contributed by atoms with Crippen LogP contribution in [0.2, 0.25) is 0 Å². The monoisotopic (exact) mass is 324 g/mol. The van der Waals surface area contributed by atoms with Crippen molar-refractivity contribution in [2.75, 3.05) is 0 Å². The fourth-order valence-electron chi connectivity index (χ4n) is 1.67. The van der Waals surface area contributed by atoms with Crippen molar-refractivity contribution in [2.24, 2.45) is 0 Å². The Morgan fingerprint density at radius 1 is 1.17 bits per heavy atom. The van der Waals surface area contributed by atoms with Gasteiger partial charge in [0.1, 0.15) is 10.0 Å². The number of nitrogens with zero attached hydrogens (tertiary/aromatic N) is 2. The smallest absolute Gasteiger partial charge is 0.131 e. The highest BCUT2D eigenvalue weighted by Crippen LogP contribution is 2.28. The van der Waals surface area contributed by atoms with Crippen LogP contribution in [0.15, 0.2) is 24.3 Å². The molecule has 0 aliphatic heterocycles. The van der Waals surface area contributed by atoms with Crippen LogP contribution in [-0.4, -0.2) is 10.2 Å². The number of halogens is 1. The van der Waals surface area contributed by atoms with Crippen LogP contribution >= 0.6 is 27.3 Å². The van der Waals surface area contributed by atoms with Gasteiger partial charge in [0.25, 0.3) is 0 Å². The summed E-state index contributed by atoms with van der Waals surface area (Å²) in [5.41, 5.74) is 2.67. The van der Waals surface area contributed by atoms with Gasteiger partial charge in [-0.15, -0.1) is 21.5 Å². The molecule has 2 nitrogen and oxygen atoms in total. The van der Waals surface area contributed by atoms with E-state index >= 15 is 0 Å². The topological polar surface area (TPSA) is 25.8 Å². The van der Waals surface area contributed by atoms with Crippen LogP contribution in [0.1, 0.15) is 39.3 Å². The molecule has 0 aliphatic carbocycles. The van der Waals surface area contributed by atoms with Gasteiger partial charge in [0.15, 0.2) is 0 Å². The summed E-state index contributed by atoms with van der Waals surface area (Å²) in [4.78, 5) is 0.350. The summed E-state index contributed by atoms with van der Waals surface area (Å²) in [5, 5.41) is 10.7. The van der Waals surface area contributed by atoms with Crippen molar-refractivity contribution in [1.29, 1.82) is 0 Å². The van der Waals surface area contributed by atoms with Crippen LogP contribution in [0.5, 0.6) is 0 Å². The minimum Gasteiger partial charge on any atom is -0.144 e. The maximum atomic E-state index is 4.26. The third-order valence-corrected chi connectivity index (χ3v) is 5.34. The highest BCUT2D eigenvalue weighted by molar-refractivity contribution is 9.09. The van der Waals surface area contributed by atoms with Crippen LogP contribution in [0.25, 0.3) is 0 Å². The van der Waals surface area contributed by atoms with E-state index in [1.165, 1.54) is 11.1 Å². The molecule has 0 saturated heterocycles. The first-order valence-electron chi connectivity index (χ1n) is 6.21. The largest absolute Gasteiger partial charge is 0.144 e. The second-order valence-electron chi connectivity index (χ2n) is 4.40. The van der Waals surface area contributed by atoms with Crippen molar-refractivity contribution >= 4 is 27.3 Å². The molecule has 96 valence electrons. The Hall–Kier alpha value is -0.740. The average Bonchev–Trinajstić information content (AvgIpc) is 2.86. The fourth-order valence-corrected chi connectivity index (χ4v) is 2.95. The molecule has 18 heavy (non-hydrogen) atoms. The zero-order chi connectivity index (χ0) is 13.0. The van der Waals surface area contributed by atoms with Gasteiger partial charge >= 0.3 is 0 Å². The second kappa shape index (κ2) is 6.43. The van der Waals surface area contributed by atoms with Gasteiger partial charge in [-0.1, -0.05) is 52.7 Å². The van der Waals surface area contributed by atoms with Crippen LogP contribution in [0.3, 0.4) is 0 Å². The average molecular weight is 325 g/mol. The molecule has 1 atom stereocenters. The molecule has 0 radical (unpaired) electrons. The highest BCUT2D eigenvalue weighted by atomic mass is 79.9. The third-order valence-electron chi connectivity index (χ3n) is 2.86. The second-order valence-corrected chi connectivity index (χ2v) is 6.59. The molecule has 0 aliphatic rings. The van der Waals surface area contributed by atoms with Gasteiger partial charge in [0, 0.05) is 6.42 Å². The summed E-state index contributed by atoms with van der Waals surface area (Å²) in [6.07, 6.45) is 3.06. The van der Waals surface area contributed by atoms with E-state index in [-0.39, 0.29) is 0 Å². The Bertz CT molecular complexity index is 493. The predicted octanol–water partition coefficient (Wildman–Crippen LogP) is 4.48. The number of hydrogen-bond acceptors (Lipinski definition) is 3. The molecule has 0 fully saturated rings. The van der Waals surface area contributed by atoms with Gasteiger partial charge in [0.05, 0.1) is 4.83 Å². The first-order chi connectivity index (χ1) is 8.69. The van der Waals surface area contributed by atoms with Crippen molar-refractivity contribution in [3.05, 3.63) is 45.4 Å². The van der Waals surface area contributed by atoms with E-state index in [1.807, 2.05) is 0 Å². The number of hydrogen-bond donors (Lipinski definition) is 0. The summed E-state index contributed by atoms with van der Waals surface area (Å²) in [5.74, 6) is 0. The van der Waals surface area contributed by atoms with E-state index in [1.54, 1.807) is 11.3 Å². The van der Waals surface area contributed by atoms with E-state index in [0.717, 1.165) is 29.3 Å². The highest BCUT2D eigenvalue weighted by Gasteiger charge is 2.11. The molecule has 0 amide bonds. The Labute approximate surface area is 121 Å². The molecule has 0 bridgehead atoms. The van der Waals surface area contributed by atoms with Gasteiger partial charge in [-0.25, -0.2) is 0 Å². The Kier molecular flexibility index (Phi) is 4.89. The minimum absolute atomic E-state index is 0.350. The third kappa shape index (κ3) is 3.62.